The molecule has 2 unspecified atom stereocenters. The third-order valence-electron chi connectivity index (χ3n) is 12.3. The van der Waals surface area contributed by atoms with Gasteiger partial charge in [0.05, 0.1) is 12.0 Å². The molecule has 0 amide bonds. The maximum Gasteiger partial charge on any atom is 0.227 e. The number of oxazole rings is 2. The van der Waals surface area contributed by atoms with E-state index < -0.39 is 0 Å². The van der Waals surface area contributed by atoms with E-state index in [4.69, 9.17) is 23.5 Å². The number of aromatic nitrogens is 2. The van der Waals surface area contributed by atoms with Gasteiger partial charge in [-0.05, 0) is 101 Å². The van der Waals surface area contributed by atoms with E-state index in [0.717, 1.165) is 79.1 Å². The van der Waals surface area contributed by atoms with Crippen molar-refractivity contribution in [2.24, 2.45) is 0 Å². The van der Waals surface area contributed by atoms with Crippen LogP contribution in [0, 0.1) is 0 Å². The number of hydrogen-bond donors (Lipinski definition) is 0. The van der Waals surface area contributed by atoms with E-state index >= 15 is 0 Å². The van der Waals surface area contributed by atoms with Crippen molar-refractivity contribution in [1.29, 1.82) is 0 Å². The van der Waals surface area contributed by atoms with Crippen LogP contribution in [0.2, 0.25) is 0 Å². The number of benzene rings is 4. The standard InChI is InChI=1S/C47H48N2O3/c1-6-20-46(21-7-2)35-16-12-10-14-30(35)33-25-39-42(27-37(33)46)51-44(48-39)29-18-19-32(41(24-29)50-5)45-49-40-26-34-31-15-11-13-17-36(31)47(22-8-3,23-9-4)38(34)28-43(40)52-45/h10-19,24-28,32,41H,6-9,20-23H2,1-5H3. The van der Waals surface area contributed by atoms with Crippen LogP contribution >= 0.6 is 0 Å². The van der Waals surface area contributed by atoms with Crippen molar-refractivity contribution in [1.82, 2.24) is 9.97 Å². The summed E-state index contributed by atoms with van der Waals surface area (Å²) in [7, 11) is 1.75. The van der Waals surface area contributed by atoms with E-state index in [0.29, 0.717) is 11.8 Å². The van der Waals surface area contributed by atoms with Crippen LogP contribution in [0.15, 0.2) is 99.9 Å². The normalized spacial score (nSPS) is 19.1. The maximum atomic E-state index is 6.62. The van der Waals surface area contributed by atoms with Gasteiger partial charge < -0.3 is 13.6 Å². The molecule has 9 rings (SSSR count). The average molecular weight is 689 g/mol. The number of allylic oxidation sites excluding steroid dienone is 2. The molecule has 0 saturated carbocycles. The minimum atomic E-state index is -0.284. The van der Waals surface area contributed by atoms with Gasteiger partial charge in [-0.2, -0.15) is 0 Å². The molecule has 0 bridgehead atoms. The fourth-order valence-electron chi connectivity index (χ4n) is 10.3. The third kappa shape index (κ3) is 4.78. The Morgan fingerprint density at radius 3 is 1.67 bits per heavy atom. The van der Waals surface area contributed by atoms with Crippen LogP contribution < -0.4 is 0 Å². The SMILES string of the molecule is CCCC1(CCC)c2ccccc2-c2cc3nc(C4=CC(OC)C(c5nc6cc7c(cc6o5)C(CCC)(CCC)c5ccccc5-7)C=C4)oc3cc21. The molecule has 3 aliphatic carbocycles. The van der Waals surface area contributed by atoms with Crippen LogP contribution in [0.5, 0.6) is 0 Å². The summed E-state index contributed by atoms with van der Waals surface area (Å²) >= 11 is 0. The molecule has 6 aromatic rings. The Morgan fingerprint density at radius 2 is 1.13 bits per heavy atom. The second-order valence-electron chi connectivity index (χ2n) is 15.3. The van der Waals surface area contributed by atoms with Gasteiger partial charge in [-0.3, -0.25) is 0 Å². The van der Waals surface area contributed by atoms with Crippen molar-refractivity contribution in [3.63, 3.8) is 0 Å². The molecule has 3 aliphatic rings. The van der Waals surface area contributed by atoms with Gasteiger partial charge in [0.1, 0.15) is 11.0 Å². The molecule has 5 nitrogen and oxygen atoms in total. The highest BCUT2D eigenvalue weighted by Crippen LogP contribution is 2.56. The second kappa shape index (κ2) is 12.7. The van der Waals surface area contributed by atoms with E-state index in [1.54, 1.807) is 7.11 Å². The fraction of sp³-hybridized carbons (Fsp3) is 0.362. The Bertz CT molecular complexity index is 2380. The summed E-state index contributed by atoms with van der Waals surface area (Å²) in [5, 5.41) is 0. The van der Waals surface area contributed by atoms with Gasteiger partial charge >= 0.3 is 0 Å². The van der Waals surface area contributed by atoms with Crippen LogP contribution in [0.3, 0.4) is 0 Å². The van der Waals surface area contributed by atoms with Crippen LogP contribution in [-0.2, 0) is 15.6 Å². The molecule has 0 saturated heterocycles. The molecule has 0 N–H and O–H groups in total. The van der Waals surface area contributed by atoms with E-state index in [1.807, 2.05) is 0 Å². The number of hydrogen-bond acceptors (Lipinski definition) is 5. The lowest BCUT2D eigenvalue weighted by Gasteiger charge is -2.31. The summed E-state index contributed by atoms with van der Waals surface area (Å²) in [5.74, 6) is 1.10. The third-order valence-corrected chi connectivity index (χ3v) is 12.3. The smallest absolute Gasteiger partial charge is 0.227 e. The summed E-state index contributed by atoms with van der Waals surface area (Å²) in [6, 6.07) is 26.9. The zero-order valence-electron chi connectivity index (χ0n) is 31.1. The summed E-state index contributed by atoms with van der Waals surface area (Å²) < 4.78 is 19.3. The predicted molar refractivity (Wildman–Crippen MR) is 211 cm³/mol. The van der Waals surface area contributed by atoms with E-state index in [2.05, 4.69) is 119 Å². The molecular weight excluding hydrogens is 641 g/mol. The van der Waals surface area contributed by atoms with Crippen LogP contribution in [-0.4, -0.2) is 23.2 Å². The van der Waals surface area contributed by atoms with Crippen LogP contribution in [0.25, 0.3) is 50.0 Å². The molecule has 2 atom stereocenters. The van der Waals surface area contributed by atoms with E-state index in [9.17, 15) is 0 Å². The van der Waals surface area contributed by atoms with Gasteiger partial charge in [-0.15, -0.1) is 0 Å². The predicted octanol–water partition coefficient (Wildman–Crippen LogP) is 12.5. The zero-order valence-corrected chi connectivity index (χ0v) is 31.1. The molecular formula is C47H48N2O3. The van der Waals surface area contributed by atoms with Crippen LogP contribution in [0.1, 0.15) is 119 Å². The second-order valence-corrected chi connectivity index (χ2v) is 15.3. The Labute approximate surface area is 306 Å². The first-order valence-corrected chi connectivity index (χ1v) is 19.5. The Hall–Kier alpha value is -4.74. The lowest BCUT2D eigenvalue weighted by Crippen LogP contribution is -2.24. The molecule has 0 spiro atoms. The van der Waals surface area contributed by atoms with E-state index in [1.165, 1.54) is 44.5 Å². The molecule has 4 aromatic carbocycles. The number of fused-ring (bicyclic) bond motifs is 8. The lowest BCUT2D eigenvalue weighted by molar-refractivity contribution is 0.121. The molecule has 2 aromatic heterocycles. The molecule has 0 radical (unpaired) electrons. The fourth-order valence-corrected chi connectivity index (χ4v) is 10.3. The largest absolute Gasteiger partial charge is 0.440 e. The van der Waals surface area contributed by atoms with Gasteiger partial charge in [0.25, 0.3) is 0 Å². The van der Waals surface area contributed by atoms with Crippen molar-refractivity contribution >= 4 is 27.8 Å². The van der Waals surface area contributed by atoms with Crippen molar-refractivity contribution < 1.29 is 13.6 Å². The van der Waals surface area contributed by atoms with Gasteiger partial charge in [-0.25, -0.2) is 9.97 Å². The monoisotopic (exact) mass is 688 g/mol. The Balaban J connectivity index is 1.06. The average Bonchev–Trinajstić information content (AvgIpc) is 3.91. The highest BCUT2D eigenvalue weighted by atomic mass is 16.5. The maximum absolute atomic E-state index is 6.62. The highest BCUT2D eigenvalue weighted by molar-refractivity contribution is 5.92. The van der Waals surface area contributed by atoms with E-state index in [-0.39, 0.29) is 22.9 Å². The minimum absolute atomic E-state index is 0.00459. The first kappa shape index (κ1) is 33.1. The van der Waals surface area contributed by atoms with Crippen molar-refractivity contribution in [3.8, 4) is 22.3 Å². The molecule has 2 heterocycles. The molecule has 0 fully saturated rings. The number of methoxy groups -OCH3 is 1. The van der Waals surface area contributed by atoms with Crippen LogP contribution in [0.4, 0.5) is 0 Å². The van der Waals surface area contributed by atoms with Gasteiger partial charge in [-0.1, -0.05) is 114 Å². The Kier molecular flexibility index (Phi) is 8.11. The number of nitrogens with zero attached hydrogens (tertiary/aromatic N) is 2. The molecule has 5 heteroatoms. The minimum Gasteiger partial charge on any atom is -0.440 e. The number of ether oxygens (including phenoxy) is 1. The summed E-state index contributed by atoms with van der Waals surface area (Å²) in [5.41, 5.74) is 15.3. The molecule has 0 aliphatic heterocycles. The van der Waals surface area contributed by atoms with Crippen molar-refractivity contribution in [2.45, 2.75) is 102 Å². The van der Waals surface area contributed by atoms with Gasteiger partial charge in [0, 0.05) is 23.5 Å². The summed E-state index contributed by atoms with van der Waals surface area (Å²) in [4.78, 5) is 10.1. The van der Waals surface area contributed by atoms with Crippen molar-refractivity contribution in [3.05, 3.63) is 125 Å². The first-order chi connectivity index (χ1) is 25.5. The lowest BCUT2D eigenvalue weighted by atomic mass is 9.71. The van der Waals surface area contributed by atoms with Crippen molar-refractivity contribution in [2.75, 3.05) is 7.11 Å². The number of rotatable bonds is 11. The summed E-state index contributed by atoms with van der Waals surface area (Å²) in [6.45, 7) is 9.18. The topological polar surface area (TPSA) is 61.3 Å². The first-order valence-electron chi connectivity index (χ1n) is 19.5. The highest BCUT2D eigenvalue weighted by Gasteiger charge is 2.44. The van der Waals surface area contributed by atoms with Gasteiger partial charge in [0.15, 0.2) is 11.2 Å². The molecule has 264 valence electrons. The van der Waals surface area contributed by atoms with Gasteiger partial charge in [0.2, 0.25) is 11.8 Å². The zero-order chi connectivity index (χ0) is 35.6. The molecule has 52 heavy (non-hydrogen) atoms. The summed E-state index contributed by atoms with van der Waals surface area (Å²) in [6.07, 6.45) is 15.0. The Morgan fingerprint density at radius 1 is 0.615 bits per heavy atom. The quantitative estimate of drug-likeness (QED) is 0.136.